The lowest BCUT2D eigenvalue weighted by Gasteiger charge is -2.38. The minimum Gasteiger partial charge on any atom is -0.376 e. The van der Waals surface area contributed by atoms with Crippen LogP contribution < -0.4 is 5.32 Å². The van der Waals surface area contributed by atoms with Gasteiger partial charge in [0.1, 0.15) is 0 Å². The largest absolute Gasteiger partial charge is 0.376 e. The summed E-state index contributed by atoms with van der Waals surface area (Å²) in [5, 5.41) is 5.09. The highest BCUT2D eigenvalue weighted by molar-refractivity contribution is 6.36. The summed E-state index contributed by atoms with van der Waals surface area (Å²) >= 11 is 12.7. The Morgan fingerprint density at radius 3 is 2.82 bits per heavy atom. The molecule has 0 saturated heterocycles. The van der Waals surface area contributed by atoms with Gasteiger partial charge in [0, 0.05) is 10.9 Å². The number of nitrogens with one attached hydrogen (secondary N) is 1. The van der Waals surface area contributed by atoms with Crippen LogP contribution in [-0.4, -0.2) is 0 Å². The first-order valence-corrected chi connectivity index (χ1v) is 8.38. The Bertz CT molecular complexity index is 766. The first kappa shape index (κ1) is 14.2. The molecule has 1 aliphatic carbocycles. The van der Waals surface area contributed by atoms with E-state index in [9.17, 15) is 0 Å². The third-order valence-electron chi connectivity index (χ3n) is 4.79. The van der Waals surface area contributed by atoms with Crippen LogP contribution in [0.25, 0.3) is 0 Å². The van der Waals surface area contributed by atoms with Crippen LogP contribution in [0.3, 0.4) is 0 Å². The fourth-order valence-corrected chi connectivity index (χ4v) is 4.38. The van der Waals surface area contributed by atoms with E-state index in [-0.39, 0.29) is 6.04 Å². The van der Waals surface area contributed by atoms with Crippen molar-refractivity contribution in [2.75, 3.05) is 5.32 Å². The van der Waals surface area contributed by atoms with Gasteiger partial charge in [-0.3, -0.25) is 0 Å². The van der Waals surface area contributed by atoms with Crippen molar-refractivity contribution in [2.24, 2.45) is 5.92 Å². The number of allylic oxidation sites excluding steroid dienone is 2. The topological polar surface area (TPSA) is 12.0 Å². The summed E-state index contributed by atoms with van der Waals surface area (Å²) < 4.78 is 0. The summed E-state index contributed by atoms with van der Waals surface area (Å²) in [6.45, 7) is 2.14. The van der Waals surface area contributed by atoms with Gasteiger partial charge < -0.3 is 5.32 Å². The van der Waals surface area contributed by atoms with Gasteiger partial charge in [-0.15, -0.1) is 0 Å². The van der Waals surface area contributed by atoms with Gasteiger partial charge in [-0.1, -0.05) is 65.2 Å². The molecule has 0 aromatic heterocycles. The summed E-state index contributed by atoms with van der Waals surface area (Å²) in [5.74, 6) is 0.904. The highest BCUT2D eigenvalue weighted by Gasteiger charge is 2.38. The van der Waals surface area contributed by atoms with Gasteiger partial charge in [0.2, 0.25) is 0 Å². The Balaban J connectivity index is 1.84. The molecule has 1 aliphatic heterocycles. The highest BCUT2D eigenvalue weighted by atomic mass is 35.5. The highest BCUT2D eigenvalue weighted by Crippen LogP contribution is 2.52. The molecule has 2 aromatic carbocycles. The van der Waals surface area contributed by atoms with Crippen LogP contribution in [0.1, 0.15) is 35.1 Å². The minimum atomic E-state index is 0.283. The van der Waals surface area contributed by atoms with Crippen LogP contribution in [0, 0.1) is 12.8 Å². The lowest BCUT2D eigenvalue weighted by atomic mass is 9.77. The van der Waals surface area contributed by atoms with Gasteiger partial charge in [-0.25, -0.2) is 0 Å². The van der Waals surface area contributed by atoms with Gasteiger partial charge in [-0.05, 0) is 42.5 Å². The van der Waals surface area contributed by atoms with Crippen LogP contribution in [0.15, 0.2) is 48.6 Å². The maximum atomic E-state index is 6.45. The van der Waals surface area contributed by atoms with Gasteiger partial charge in [0.05, 0.1) is 16.8 Å². The van der Waals surface area contributed by atoms with E-state index in [0.717, 1.165) is 12.1 Å². The fourth-order valence-electron chi connectivity index (χ4n) is 3.81. The first-order chi connectivity index (χ1) is 10.6. The van der Waals surface area contributed by atoms with Crippen molar-refractivity contribution < 1.29 is 0 Å². The molecule has 112 valence electrons. The molecular formula is C19H17Cl2N. The average Bonchev–Trinajstić information content (AvgIpc) is 2.96. The Morgan fingerprint density at radius 2 is 2.00 bits per heavy atom. The zero-order chi connectivity index (χ0) is 15.3. The van der Waals surface area contributed by atoms with E-state index in [1.54, 1.807) is 0 Å². The predicted molar refractivity (Wildman–Crippen MR) is 94.0 cm³/mol. The van der Waals surface area contributed by atoms with E-state index in [1.165, 1.54) is 16.7 Å². The molecule has 0 fully saturated rings. The molecule has 22 heavy (non-hydrogen) atoms. The summed E-state index contributed by atoms with van der Waals surface area (Å²) in [5.41, 5.74) is 4.87. The van der Waals surface area contributed by atoms with Crippen molar-refractivity contribution >= 4 is 28.9 Å². The molecule has 2 aliphatic rings. The summed E-state index contributed by atoms with van der Waals surface area (Å²) in [6, 6.07) is 12.9. The molecule has 0 spiro atoms. The van der Waals surface area contributed by atoms with Crippen LogP contribution >= 0.6 is 23.2 Å². The zero-order valence-electron chi connectivity index (χ0n) is 12.3. The van der Waals surface area contributed by atoms with Crippen molar-refractivity contribution in [3.8, 4) is 0 Å². The van der Waals surface area contributed by atoms with E-state index in [4.69, 9.17) is 23.2 Å². The number of aryl methyl sites for hydroxylation is 1. The molecule has 1 heterocycles. The number of halogens is 2. The molecule has 3 atom stereocenters. The lowest BCUT2D eigenvalue weighted by molar-refractivity contribution is 0.425. The number of benzene rings is 2. The number of fused-ring (bicyclic) bond motifs is 3. The van der Waals surface area contributed by atoms with Crippen LogP contribution in [0.2, 0.25) is 10.0 Å². The third kappa shape index (κ3) is 2.24. The number of hydrogen-bond donors (Lipinski definition) is 1. The maximum Gasteiger partial charge on any atom is 0.0655 e. The van der Waals surface area contributed by atoms with E-state index >= 15 is 0 Å². The predicted octanol–water partition coefficient (Wildman–Crippen LogP) is 6.13. The van der Waals surface area contributed by atoms with Crippen molar-refractivity contribution in [3.05, 3.63) is 75.3 Å². The Kier molecular flexibility index (Phi) is 3.43. The van der Waals surface area contributed by atoms with Crippen molar-refractivity contribution in [1.82, 2.24) is 0 Å². The van der Waals surface area contributed by atoms with Crippen LogP contribution in [-0.2, 0) is 0 Å². The van der Waals surface area contributed by atoms with E-state index in [2.05, 4.69) is 54.7 Å². The van der Waals surface area contributed by atoms with E-state index in [1.807, 2.05) is 6.07 Å². The molecule has 1 N–H and O–H groups in total. The molecule has 0 unspecified atom stereocenters. The molecule has 0 radical (unpaired) electrons. The fraction of sp³-hybridized carbons (Fsp3) is 0.263. The van der Waals surface area contributed by atoms with Crippen molar-refractivity contribution in [2.45, 2.75) is 25.3 Å². The van der Waals surface area contributed by atoms with Crippen LogP contribution in [0.5, 0.6) is 0 Å². The standard InChI is InChI=1S/C19H17Cl2N/c1-11-4-2-5-12(8-11)18-15-7-3-6-14(15)16-9-13(20)10-17(21)19(16)22-18/h2-6,8-10,14-15,18,22H,7H2,1H3/t14-,15+,18+/m1/s1. The van der Waals surface area contributed by atoms with Gasteiger partial charge in [0.15, 0.2) is 0 Å². The van der Waals surface area contributed by atoms with E-state index in [0.29, 0.717) is 21.9 Å². The SMILES string of the molecule is Cc1cccc([C@@H]2Nc3c(Cl)cc(Cl)cc3[C@@H]3C=CC[C@@H]32)c1. The first-order valence-electron chi connectivity index (χ1n) is 7.62. The van der Waals surface area contributed by atoms with Crippen molar-refractivity contribution in [1.29, 1.82) is 0 Å². The molecule has 2 aromatic rings. The van der Waals surface area contributed by atoms with Gasteiger partial charge in [-0.2, -0.15) is 0 Å². The summed E-state index contributed by atoms with van der Waals surface area (Å²) in [6.07, 6.45) is 5.67. The average molecular weight is 330 g/mol. The molecule has 0 saturated carbocycles. The van der Waals surface area contributed by atoms with Crippen molar-refractivity contribution in [3.63, 3.8) is 0 Å². The number of rotatable bonds is 1. The number of anilines is 1. The zero-order valence-corrected chi connectivity index (χ0v) is 13.8. The quantitative estimate of drug-likeness (QED) is 0.620. The van der Waals surface area contributed by atoms with Gasteiger partial charge in [0.25, 0.3) is 0 Å². The smallest absolute Gasteiger partial charge is 0.0655 e. The normalized spacial score (nSPS) is 25.5. The molecule has 3 heteroatoms. The lowest BCUT2D eigenvalue weighted by Crippen LogP contribution is -2.29. The van der Waals surface area contributed by atoms with Crippen LogP contribution in [0.4, 0.5) is 5.69 Å². The molecule has 0 bridgehead atoms. The molecule has 4 rings (SSSR count). The Labute approximate surface area is 140 Å². The molecule has 0 amide bonds. The number of hydrogen-bond acceptors (Lipinski definition) is 1. The summed E-state index contributed by atoms with van der Waals surface area (Å²) in [7, 11) is 0. The second-order valence-corrected chi connectivity index (χ2v) is 7.09. The second-order valence-electron chi connectivity index (χ2n) is 6.24. The second kappa shape index (κ2) is 5.33. The summed E-state index contributed by atoms with van der Waals surface area (Å²) in [4.78, 5) is 0. The van der Waals surface area contributed by atoms with Gasteiger partial charge >= 0.3 is 0 Å². The molecular weight excluding hydrogens is 313 g/mol. The monoisotopic (exact) mass is 329 g/mol. The Morgan fingerprint density at radius 1 is 1.14 bits per heavy atom. The van der Waals surface area contributed by atoms with E-state index < -0.39 is 0 Å². The minimum absolute atomic E-state index is 0.283. The Hall–Kier alpha value is -1.44. The maximum absolute atomic E-state index is 6.45. The molecule has 1 nitrogen and oxygen atoms in total. The third-order valence-corrected chi connectivity index (χ3v) is 5.30.